The normalized spacial score (nSPS) is 15.7. The molecule has 0 spiro atoms. The van der Waals surface area contributed by atoms with Crippen molar-refractivity contribution in [3.05, 3.63) is 34.5 Å². The fraction of sp³-hybridized carbons (Fsp3) is 0.429. The summed E-state index contributed by atoms with van der Waals surface area (Å²) in [5, 5.41) is 2.14. The third kappa shape index (κ3) is 1.76. The molecule has 0 radical (unpaired) electrons. The Labute approximate surface area is 106 Å². The van der Waals surface area contributed by atoms with Gasteiger partial charge in [-0.05, 0) is 44.0 Å². The number of hydrogen-bond acceptors (Lipinski definition) is 1. The van der Waals surface area contributed by atoms with E-state index in [0.717, 1.165) is 11.4 Å². The minimum atomic E-state index is 0.672. The van der Waals surface area contributed by atoms with Gasteiger partial charge in [0.25, 0.3) is 0 Å². The summed E-state index contributed by atoms with van der Waals surface area (Å²) in [6.07, 6.45) is 3.52. The van der Waals surface area contributed by atoms with Gasteiger partial charge in [0.1, 0.15) is 0 Å². The lowest BCUT2D eigenvalue weighted by molar-refractivity contribution is 0.711. The summed E-state index contributed by atoms with van der Waals surface area (Å²) in [5.41, 5.74) is 9.77. The van der Waals surface area contributed by atoms with Gasteiger partial charge in [0.2, 0.25) is 0 Å². The first-order chi connectivity index (χ1) is 8.22. The van der Waals surface area contributed by atoms with E-state index < -0.39 is 0 Å². The second-order valence-corrected chi connectivity index (χ2v) is 5.31. The average Bonchev–Trinajstić information content (AvgIpc) is 3.09. The molecule has 0 bridgehead atoms. The highest BCUT2D eigenvalue weighted by molar-refractivity contribution is 6.31. The molecule has 2 N–H and O–H groups in total. The Morgan fingerprint density at radius 2 is 2.18 bits per heavy atom. The number of halogens is 1. The fourth-order valence-electron chi connectivity index (χ4n) is 2.70. The van der Waals surface area contributed by atoms with Crippen LogP contribution in [0.5, 0.6) is 0 Å². The molecule has 1 fully saturated rings. The molecule has 90 valence electrons. The molecule has 1 heterocycles. The van der Waals surface area contributed by atoms with Gasteiger partial charge in [0, 0.05) is 28.6 Å². The smallest absolute Gasteiger partial charge is 0.0502 e. The van der Waals surface area contributed by atoms with E-state index in [1.807, 2.05) is 6.07 Å². The Morgan fingerprint density at radius 3 is 2.82 bits per heavy atom. The molecule has 0 atom stereocenters. The van der Waals surface area contributed by atoms with Crippen LogP contribution in [0, 0.1) is 6.92 Å². The van der Waals surface area contributed by atoms with Crippen LogP contribution in [0.4, 0.5) is 0 Å². The average molecular weight is 249 g/mol. The maximum atomic E-state index is 6.12. The lowest BCUT2D eigenvalue weighted by Crippen LogP contribution is -2.09. The maximum Gasteiger partial charge on any atom is 0.0502 e. The van der Waals surface area contributed by atoms with Crippen molar-refractivity contribution in [1.29, 1.82) is 0 Å². The zero-order valence-electron chi connectivity index (χ0n) is 10.0. The standard InChI is InChI=1S/C14H17ClN2/c1-9-12-5-2-10(15)8-14(12)17(11-3-4-11)13(9)6-7-16/h2,5,8,11H,3-4,6-7,16H2,1H3. The van der Waals surface area contributed by atoms with Crippen LogP contribution in [0.1, 0.15) is 30.1 Å². The summed E-state index contributed by atoms with van der Waals surface area (Å²) < 4.78 is 2.46. The molecular weight excluding hydrogens is 232 g/mol. The van der Waals surface area contributed by atoms with Crippen molar-refractivity contribution in [2.45, 2.75) is 32.2 Å². The van der Waals surface area contributed by atoms with Crippen LogP contribution in [0.3, 0.4) is 0 Å². The van der Waals surface area contributed by atoms with Gasteiger partial charge in [-0.2, -0.15) is 0 Å². The van der Waals surface area contributed by atoms with Crippen molar-refractivity contribution >= 4 is 22.5 Å². The van der Waals surface area contributed by atoms with Crippen molar-refractivity contribution in [2.75, 3.05) is 6.54 Å². The highest BCUT2D eigenvalue weighted by atomic mass is 35.5. The molecule has 17 heavy (non-hydrogen) atoms. The zero-order valence-corrected chi connectivity index (χ0v) is 10.8. The molecule has 2 nitrogen and oxygen atoms in total. The topological polar surface area (TPSA) is 30.9 Å². The van der Waals surface area contributed by atoms with Crippen LogP contribution in [0.15, 0.2) is 18.2 Å². The summed E-state index contributed by atoms with van der Waals surface area (Å²) in [4.78, 5) is 0. The number of rotatable bonds is 3. The highest BCUT2D eigenvalue weighted by Gasteiger charge is 2.28. The summed E-state index contributed by atoms with van der Waals surface area (Å²) in [6, 6.07) is 6.86. The highest BCUT2D eigenvalue weighted by Crippen LogP contribution is 2.41. The van der Waals surface area contributed by atoms with E-state index in [9.17, 15) is 0 Å². The molecule has 2 aromatic rings. The minimum Gasteiger partial charge on any atom is -0.341 e. The van der Waals surface area contributed by atoms with Gasteiger partial charge in [-0.3, -0.25) is 0 Å². The second kappa shape index (κ2) is 4.04. The van der Waals surface area contributed by atoms with E-state index in [-0.39, 0.29) is 0 Å². The van der Waals surface area contributed by atoms with E-state index in [0.29, 0.717) is 12.6 Å². The largest absolute Gasteiger partial charge is 0.341 e. The second-order valence-electron chi connectivity index (χ2n) is 4.87. The van der Waals surface area contributed by atoms with Gasteiger partial charge in [-0.25, -0.2) is 0 Å². The quantitative estimate of drug-likeness (QED) is 0.886. The molecule has 3 heteroatoms. The van der Waals surface area contributed by atoms with Crippen LogP contribution in [-0.4, -0.2) is 11.1 Å². The monoisotopic (exact) mass is 248 g/mol. The van der Waals surface area contributed by atoms with E-state index in [1.165, 1.54) is 35.0 Å². The van der Waals surface area contributed by atoms with Crippen LogP contribution < -0.4 is 5.73 Å². The van der Waals surface area contributed by atoms with Crippen molar-refractivity contribution in [3.8, 4) is 0 Å². The Hall–Kier alpha value is -0.990. The summed E-state index contributed by atoms with van der Waals surface area (Å²) >= 11 is 6.12. The maximum absolute atomic E-state index is 6.12. The van der Waals surface area contributed by atoms with Crippen LogP contribution >= 0.6 is 11.6 Å². The molecular formula is C14H17ClN2. The van der Waals surface area contributed by atoms with Crippen molar-refractivity contribution in [3.63, 3.8) is 0 Å². The number of aryl methyl sites for hydroxylation is 1. The van der Waals surface area contributed by atoms with Gasteiger partial charge in [0.15, 0.2) is 0 Å². The van der Waals surface area contributed by atoms with Gasteiger partial charge >= 0.3 is 0 Å². The predicted molar refractivity (Wildman–Crippen MR) is 72.7 cm³/mol. The van der Waals surface area contributed by atoms with E-state index in [1.54, 1.807) is 0 Å². The van der Waals surface area contributed by atoms with Crippen molar-refractivity contribution in [2.24, 2.45) is 5.73 Å². The Morgan fingerprint density at radius 1 is 1.41 bits per heavy atom. The van der Waals surface area contributed by atoms with Crippen molar-refractivity contribution in [1.82, 2.24) is 4.57 Å². The minimum absolute atomic E-state index is 0.672. The molecule has 0 unspecified atom stereocenters. The molecule has 1 saturated carbocycles. The first-order valence-electron chi connectivity index (χ1n) is 6.21. The molecule has 1 aromatic carbocycles. The van der Waals surface area contributed by atoms with Gasteiger partial charge in [0.05, 0.1) is 5.52 Å². The summed E-state index contributed by atoms with van der Waals surface area (Å²) in [7, 11) is 0. The Bertz CT molecular complexity index is 567. The molecule has 0 aliphatic heterocycles. The van der Waals surface area contributed by atoms with Crippen LogP contribution in [-0.2, 0) is 6.42 Å². The number of hydrogen-bond donors (Lipinski definition) is 1. The van der Waals surface area contributed by atoms with Crippen LogP contribution in [0.2, 0.25) is 5.02 Å². The summed E-state index contributed by atoms with van der Waals surface area (Å²) in [6.45, 7) is 2.90. The molecule has 3 rings (SSSR count). The zero-order chi connectivity index (χ0) is 12.0. The number of fused-ring (bicyclic) bond motifs is 1. The Kier molecular flexibility index (Phi) is 2.64. The van der Waals surface area contributed by atoms with Gasteiger partial charge in [-0.15, -0.1) is 0 Å². The SMILES string of the molecule is Cc1c(CCN)n(C2CC2)c2cc(Cl)ccc12. The molecule has 1 aliphatic rings. The molecule has 1 aromatic heterocycles. The van der Waals surface area contributed by atoms with Crippen molar-refractivity contribution < 1.29 is 0 Å². The summed E-state index contributed by atoms with van der Waals surface area (Å²) in [5.74, 6) is 0. The van der Waals surface area contributed by atoms with Gasteiger partial charge < -0.3 is 10.3 Å². The molecule has 0 amide bonds. The first kappa shape index (κ1) is 11.1. The third-order valence-electron chi connectivity index (χ3n) is 3.64. The predicted octanol–water partition coefficient (Wildman–Crippen LogP) is 3.44. The fourth-order valence-corrected chi connectivity index (χ4v) is 2.86. The van der Waals surface area contributed by atoms with Gasteiger partial charge in [-0.1, -0.05) is 17.7 Å². The third-order valence-corrected chi connectivity index (χ3v) is 3.88. The molecule has 0 saturated heterocycles. The first-order valence-corrected chi connectivity index (χ1v) is 6.59. The van der Waals surface area contributed by atoms with Crippen LogP contribution in [0.25, 0.3) is 10.9 Å². The van der Waals surface area contributed by atoms with E-state index >= 15 is 0 Å². The number of aromatic nitrogens is 1. The lowest BCUT2D eigenvalue weighted by atomic mass is 10.1. The number of benzene rings is 1. The molecule has 1 aliphatic carbocycles. The Balaban J connectivity index is 2.29. The number of nitrogens with zero attached hydrogens (tertiary/aromatic N) is 1. The lowest BCUT2D eigenvalue weighted by Gasteiger charge is -2.09. The van der Waals surface area contributed by atoms with E-state index in [4.69, 9.17) is 17.3 Å². The van der Waals surface area contributed by atoms with E-state index in [2.05, 4.69) is 23.6 Å². The number of nitrogens with two attached hydrogens (primary N) is 1.